The van der Waals surface area contributed by atoms with E-state index >= 15 is 0 Å². The minimum atomic E-state index is 0.0504. The van der Waals surface area contributed by atoms with Crippen LogP contribution in [0.5, 0.6) is 0 Å². The number of rotatable bonds is 4. The molecule has 0 amide bonds. The predicted octanol–water partition coefficient (Wildman–Crippen LogP) is 3.24. The average Bonchev–Trinajstić information content (AvgIpc) is 2.77. The van der Waals surface area contributed by atoms with Crippen LogP contribution in [0.3, 0.4) is 0 Å². The second-order valence-corrected chi connectivity index (χ2v) is 6.06. The van der Waals surface area contributed by atoms with Crippen LogP contribution in [-0.2, 0) is 18.6 Å². The van der Waals surface area contributed by atoms with Gasteiger partial charge in [-0.25, -0.2) is 0 Å². The zero-order valence-electron chi connectivity index (χ0n) is 12.3. The number of aryl methyl sites for hydroxylation is 1. The molecule has 3 heteroatoms. The maximum Gasteiger partial charge on any atom is 0.0543 e. The molecule has 1 N–H and O–H groups in total. The Kier molecular flexibility index (Phi) is 4.05. The third kappa shape index (κ3) is 3.93. The number of hydrogen-bond donors (Lipinski definition) is 1. The highest BCUT2D eigenvalue weighted by atomic mass is 15.3. The molecule has 0 bridgehead atoms. The Morgan fingerprint density at radius 2 is 1.89 bits per heavy atom. The smallest absolute Gasteiger partial charge is 0.0543 e. The van der Waals surface area contributed by atoms with Crippen molar-refractivity contribution >= 4 is 0 Å². The van der Waals surface area contributed by atoms with Gasteiger partial charge in [0.25, 0.3) is 0 Å². The first-order valence-electron chi connectivity index (χ1n) is 6.75. The molecule has 2 rings (SSSR count). The molecule has 0 unspecified atom stereocenters. The first-order valence-corrected chi connectivity index (χ1v) is 6.75. The lowest BCUT2D eigenvalue weighted by molar-refractivity contribution is 0.355. The zero-order chi connectivity index (χ0) is 13.9. The van der Waals surface area contributed by atoms with Crippen LogP contribution in [0.1, 0.15) is 37.5 Å². The van der Waals surface area contributed by atoms with E-state index in [-0.39, 0.29) is 5.54 Å². The van der Waals surface area contributed by atoms with Crippen molar-refractivity contribution in [3.8, 4) is 0 Å². The van der Waals surface area contributed by atoms with Crippen molar-refractivity contribution in [2.24, 2.45) is 0 Å². The normalized spacial score (nSPS) is 11.8. The van der Waals surface area contributed by atoms with Crippen molar-refractivity contribution < 1.29 is 0 Å². The SMILES string of the molecule is Cc1cccc(CNCc2cnn(C(C)(C)C)c2)c1. The third-order valence-corrected chi connectivity index (χ3v) is 3.06. The van der Waals surface area contributed by atoms with E-state index in [0.29, 0.717) is 0 Å². The molecule has 2 aromatic rings. The first-order chi connectivity index (χ1) is 8.95. The summed E-state index contributed by atoms with van der Waals surface area (Å²) < 4.78 is 2.01. The second kappa shape index (κ2) is 5.57. The van der Waals surface area contributed by atoms with Crippen molar-refractivity contribution in [2.45, 2.75) is 46.3 Å². The highest BCUT2D eigenvalue weighted by Gasteiger charge is 2.13. The molecule has 0 radical (unpaired) electrons. The van der Waals surface area contributed by atoms with Crippen LogP contribution in [0.2, 0.25) is 0 Å². The highest BCUT2D eigenvalue weighted by Crippen LogP contribution is 2.13. The second-order valence-electron chi connectivity index (χ2n) is 6.06. The Labute approximate surface area is 115 Å². The number of hydrogen-bond acceptors (Lipinski definition) is 2. The third-order valence-electron chi connectivity index (χ3n) is 3.06. The Balaban J connectivity index is 1.88. The van der Waals surface area contributed by atoms with Crippen LogP contribution >= 0.6 is 0 Å². The van der Waals surface area contributed by atoms with Crippen molar-refractivity contribution in [2.75, 3.05) is 0 Å². The fraction of sp³-hybridized carbons (Fsp3) is 0.438. The van der Waals surface area contributed by atoms with Crippen molar-refractivity contribution in [3.63, 3.8) is 0 Å². The number of benzene rings is 1. The molecule has 1 aromatic heterocycles. The lowest BCUT2D eigenvalue weighted by Crippen LogP contribution is -2.22. The van der Waals surface area contributed by atoms with Crippen LogP contribution in [0.15, 0.2) is 36.7 Å². The summed E-state index contributed by atoms with van der Waals surface area (Å²) in [7, 11) is 0. The zero-order valence-corrected chi connectivity index (χ0v) is 12.3. The van der Waals surface area contributed by atoms with Gasteiger partial charge in [0.1, 0.15) is 0 Å². The molecular formula is C16H23N3. The Morgan fingerprint density at radius 3 is 2.53 bits per heavy atom. The fourth-order valence-corrected chi connectivity index (χ4v) is 1.99. The Morgan fingerprint density at radius 1 is 1.16 bits per heavy atom. The van der Waals surface area contributed by atoms with Gasteiger partial charge in [0.2, 0.25) is 0 Å². The maximum absolute atomic E-state index is 4.40. The van der Waals surface area contributed by atoms with Crippen LogP contribution in [0.25, 0.3) is 0 Å². The molecule has 0 atom stereocenters. The van der Waals surface area contributed by atoms with E-state index in [9.17, 15) is 0 Å². The Hall–Kier alpha value is -1.61. The van der Waals surface area contributed by atoms with Crippen LogP contribution in [0, 0.1) is 6.92 Å². The molecule has 102 valence electrons. The standard InChI is InChI=1S/C16H23N3/c1-13-6-5-7-14(8-13)9-17-10-15-11-18-19(12-15)16(2,3)4/h5-8,11-12,17H,9-10H2,1-4H3. The quantitative estimate of drug-likeness (QED) is 0.911. The van der Waals surface area contributed by atoms with E-state index in [4.69, 9.17) is 0 Å². The molecule has 0 aliphatic carbocycles. The summed E-state index contributed by atoms with van der Waals surface area (Å²) in [6, 6.07) is 8.59. The van der Waals surface area contributed by atoms with E-state index < -0.39 is 0 Å². The lowest BCUT2D eigenvalue weighted by atomic mass is 10.1. The van der Waals surface area contributed by atoms with E-state index in [1.54, 1.807) is 0 Å². The first kappa shape index (κ1) is 13.8. The number of aromatic nitrogens is 2. The minimum Gasteiger partial charge on any atom is -0.309 e. The molecule has 0 saturated carbocycles. The topological polar surface area (TPSA) is 29.9 Å². The molecule has 1 aromatic carbocycles. The molecule has 19 heavy (non-hydrogen) atoms. The van der Waals surface area contributed by atoms with E-state index in [1.165, 1.54) is 16.7 Å². The van der Waals surface area contributed by atoms with Crippen LogP contribution in [-0.4, -0.2) is 9.78 Å². The van der Waals surface area contributed by atoms with Crippen molar-refractivity contribution in [1.29, 1.82) is 0 Å². The molecule has 0 aliphatic rings. The number of nitrogens with one attached hydrogen (secondary N) is 1. The largest absolute Gasteiger partial charge is 0.309 e. The van der Waals surface area contributed by atoms with E-state index in [2.05, 4.69) is 68.6 Å². The summed E-state index contributed by atoms with van der Waals surface area (Å²) in [6.45, 7) is 10.3. The van der Waals surface area contributed by atoms with Gasteiger partial charge in [-0.3, -0.25) is 4.68 Å². The lowest BCUT2D eigenvalue weighted by Gasteiger charge is -2.18. The maximum atomic E-state index is 4.40. The van der Waals surface area contributed by atoms with Crippen molar-refractivity contribution in [3.05, 3.63) is 53.3 Å². The van der Waals surface area contributed by atoms with Gasteiger partial charge in [0.15, 0.2) is 0 Å². The molecule has 0 fully saturated rings. The van der Waals surface area contributed by atoms with Crippen LogP contribution < -0.4 is 5.32 Å². The summed E-state index contributed by atoms with van der Waals surface area (Å²) in [5.41, 5.74) is 3.90. The van der Waals surface area contributed by atoms with E-state index in [1.807, 2.05) is 10.9 Å². The molecular weight excluding hydrogens is 234 g/mol. The molecule has 3 nitrogen and oxygen atoms in total. The summed E-state index contributed by atoms with van der Waals surface area (Å²) >= 11 is 0. The molecule has 0 aliphatic heterocycles. The van der Waals surface area contributed by atoms with E-state index in [0.717, 1.165) is 13.1 Å². The predicted molar refractivity (Wildman–Crippen MR) is 78.9 cm³/mol. The summed E-state index contributed by atoms with van der Waals surface area (Å²) in [6.07, 6.45) is 4.05. The Bertz CT molecular complexity index is 535. The van der Waals surface area contributed by atoms with Gasteiger partial charge in [0.05, 0.1) is 11.7 Å². The van der Waals surface area contributed by atoms with Gasteiger partial charge in [-0.15, -0.1) is 0 Å². The summed E-state index contributed by atoms with van der Waals surface area (Å²) in [4.78, 5) is 0. The van der Waals surface area contributed by atoms with Crippen LogP contribution in [0.4, 0.5) is 0 Å². The minimum absolute atomic E-state index is 0.0504. The molecule has 0 spiro atoms. The van der Waals surface area contributed by atoms with Gasteiger partial charge in [-0.05, 0) is 33.3 Å². The molecule has 0 saturated heterocycles. The fourth-order valence-electron chi connectivity index (χ4n) is 1.99. The van der Waals surface area contributed by atoms with Gasteiger partial charge in [-0.2, -0.15) is 5.10 Å². The summed E-state index contributed by atoms with van der Waals surface area (Å²) in [5.74, 6) is 0. The summed E-state index contributed by atoms with van der Waals surface area (Å²) in [5, 5.41) is 7.86. The molecule has 1 heterocycles. The van der Waals surface area contributed by atoms with Gasteiger partial charge < -0.3 is 5.32 Å². The number of nitrogens with zero attached hydrogens (tertiary/aromatic N) is 2. The average molecular weight is 257 g/mol. The van der Waals surface area contributed by atoms with Gasteiger partial charge in [0, 0.05) is 24.8 Å². The van der Waals surface area contributed by atoms with Gasteiger partial charge >= 0.3 is 0 Å². The highest BCUT2D eigenvalue weighted by molar-refractivity contribution is 5.22. The monoisotopic (exact) mass is 257 g/mol. The van der Waals surface area contributed by atoms with Gasteiger partial charge in [-0.1, -0.05) is 29.8 Å². The van der Waals surface area contributed by atoms with Crippen molar-refractivity contribution in [1.82, 2.24) is 15.1 Å².